The predicted molar refractivity (Wildman–Crippen MR) is 64.5 cm³/mol. The average molecular weight is 268 g/mol. The Morgan fingerprint density at radius 1 is 1.56 bits per heavy atom. The molecule has 7 nitrogen and oxygen atoms in total. The van der Waals surface area contributed by atoms with Crippen molar-refractivity contribution in [2.24, 2.45) is 0 Å². The van der Waals surface area contributed by atoms with E-state index in [0.717, 1.165) is 0 Å². The smallest absolute Gasteiger partial charge is 0.341 e. The summed E-state index contributed by atoms with van der Waals surface area (Å²) in [6, 6.07) is 0. The number of hydrogen-bond donors (Lipinski definition) is 1. The Kier molecular flexibility index (Phi) is 3.42. The average Bonchev–Trinajstić information content (AvgIpc) is 2.82. The van der Waals surface area contributed by atoms with Crippen molar-refractivity contribution in [3.8, 4) is 5.82 Å². The second-order valence-corrected chi connectivity index (χ2v) is 3.65. The number of hydrogen-bond acceptors (Lipinski definition) is 6. The van der Waals surface area contributed by atoms with E-state index in [9.17, 15) is 4.79 Å². The van der Waals surface area contributed by atoms with Crippen LogP contribution < -0.4 is 5.73 Å². The zero-order chi connectivity index (χ0) is 13.1. The zero-order valence-electron chi connectivity index (χ0n) is 9.50. The maximum absolute atomic E-state index is 11.5. The van der Waals surface area contributed by atoms with Gasteiger partial charge in [0, 0.05) is 6.20 Å². The summed E-state index contributed by atoms with van der Waals surface area (Å²) in [6.07, 6.45) is 4.10. The van der Waals surface area contributed by atoms with Crippen molar-refractivity contribution in [3.63, 3.8) is 0 Å². The van der Waals surface area contributed by atoms with Gasteiger partial charge in [0.2, 0.25) is 0 Å². The van der Waals surface area contributed by atoms with Gasteiger partial charge < -0.3 is 10.5 Å². The SMILES string of the molecule is CCOC(=O)c1cnn(-c2ncnc(Cl)c2N)c1. The van der Waals surface area contributed by atoms with Gasteiger partial charge in [0.05, 0.1) is 18.4 Å². The molecule has 18 heavy (non-hydrogen) atoms. The Hall–Kier alpha value is -2.15. The summed E-state index contributed by atoms with van der Waals surface area (Å²) in [6.45, 7) is 2.02. The number of carbonyl (C=O) groups excluding carboxylic acids is 1. The van der Waals surface area contributed by atoms with Crippen LogP contribution in [-0.2, 0) is 4.74 Å². The molecule has 0 saturated carbocycles. The van der Waals surface area contributed by atoms with Gasteiger partial charge in [-0.3, -0.25) is 0 Å². The van der Waals surface area contributed by atoms with Crippen molar-refractivity contribution in [1.82, 2.24) is 19.7 Å². The summed E-state index contributed by atoms with van der Waals surface area (Å²) in [5.74, 6) is -0.145. The predicted octanol–water partition coefficient (Wildman–Crippen LogP) is 1.07. The first-order valence-corrected chi connectivity index (χ1v) is 5.49. The van der Waals surface area contributed by atoms with Gasteiger partial charge in [-0.1, -0.05) is 11.6 Å². The van der Waals surface area contributed by atoms with E-state index in [1.54, 1.807) is 6.92 Å². The van der Waals surface area contributed by atoms with Crippen LogP contribution in [0.3, 0.4) is 0 Å². The molecule has 0 amide bonds. The third-order valence-corrected chi connectivity index (χ3v) is 2.43. The lowest BCUT2D eigenvalue weighted by atomic mass is 10.4. The standard InChI is InChI=1S/C10H10ClN5O2/c1-2-18-10(17)6-3-15-16(4-6)9-7(12)8(11)13-5-14-9/h3-5H,2,12H2,1H3. The molecular formula is C10H10ClN5O2. The molecule has 0 aliphatic carbocycles. The molecule has 0 radical (unpaired) electrons. The fourth-order valence-corrected chi connectivity index (χ4v) is 1.43. The van der Waals surface area contributed by atoms with Crippen LogP contribution in [-0.4, -0.2) is 32.3 Å². The topological polar surface area (TPSA) is 95.9 Å². The minimum atomic E-state index is -0.456. The lowest BCUT2D eigenvalue weighted by molar-refractivity contribution is 0.0526. The van der Waals surface area contributed by atoms with Crippen LogP contribution in [0.1, 0.15) is 17.3 Å². The molecule has 2 aromatic rings. The summed E-state index contributed by atoms with van der Waals surface area (Å²) >= 11 is 5.77. The van der Waals surface area contributed by atoms with E-state index in [1.165, 1.54) is 23.4 Å². The van der Waals surface area contributed by atoms with Crippen LogP contribution >= 0.6 is 11.6 Å². The summed E-state index contributed by atoms with van der Waals surface area (Å²) in [7, 11) is 0. The first kappa shape index (κ1) is 12.3. The number of nitrogen functional groups attached to an aromatic ring is 1. The Labute approximate surface area is 108 Å². The normalized spacial score (nSPS) is 10.3. The fraction of sp³-hybridized carbons (Fsp3) is 0.200. The highest BCUT2D eigenvalue weighted by molar-refractivity contribution is 6.32. The van der Waals surface area contributed by atoms with E-state index in [0.29, 0.717) is 18.0 Å². The summed E-state index contributed by atoms with van der Waals surface area (Å²) in [5.41, 5.74) is 6.23. The minimum Gasteiger partial charge on any atom is -0.462 e. The molecule has 0 atom stereocenters. The van der Waals surface area contributed by atoms with Crippen molar-refractivity contribution in [2.45, 2.75) is 6.92 Å². The van der Waals surface area contributed by atoms with Crippen molar-refractivity contribution in [1.29, 1.82) is 0 Å². The first-order valence-electron chi connectivity index (χ1n) is 5.11. The number of carbonyl (C=O) groups is 1. The monoisotopic (exact) mass is 267 g/mol. The van der Waals surface area contributed by atoms with E-state index in [4.69, 9.17) is 22.1 Å². The van der Waals surface area contributed by atoms with Gasteiger partial charge in [-0.15, -0.1) is 0 Å². The van der Waals surface area contributed by atoms with Crippen LogP contribution in [0.25, 0.3) is 5.82 Å². The molecule has 0 aromatic carbocycles. The number of ether oxygens (including phenoxy) is 1. The number of halogens is 1. The van der Waals surface area contributed by atoms with E-state index in [1.807, 2.05) is 0 Å². The molecule has 94 valence electrons. The lowest BCUT2D eigenvalue weighted by Crippen LogP contribution is -2.05. The van der Waals surface area contributed by atoms with Crippen LogP contribution in [0.15, 0.2) is 18.7 Å². The molecule has 2 aromatic heterocycles. The molecule has 0 spiro atoms. The molecule has 0 aliphatic heterocycles. The maximum Gasteiger partial charge on any atom is 0.341 e. The van der Waals surface area contributed by atoms with Gasteiger partial charge in [0.15, 0.2) is 11.0 Å². The van der Waals surface area contributed by atoms with Crippen LogP contribution in [0, 0.1) is 0 Å². The van der Waals surface area contributed by atoms with Gasteiger partial charge in [-0.05, 0) is 6.92 Å². The Morgan fingerprint density at radius 3 is 3.06 bits per heavy atom. The molecule has 2 heterocycles. The quantitative estimate of drug-likeness (QED) is 0.660. The summed E-state index contributed by atoms with van der Waals surface area (Å²) < 4.78 is 6.19. The molecular weight excluding hydrogens is 258 g/mol. The molecule has 2 rings (SSSR count). The number of rotatable bonds is 3. The molecule has 2 N–H and O–H groups in total. The van der Waals surface area contributed by atoms with Gasteiger partial charge in [0.25, 0.3) is 0 Å². The molecule has 0 bridgehead atoms. The minimum absolute atomic E-state index is 0.133. The Morgan fingerprint density at radius 2 is 2.33 bits per heavy atom. The molecule has 0 saturated heterocycles. The Bertz CT molecular complexity index is 583. The Balaban J connectivity index is 2.35. The molecule has 0 fully saturated rings. The van der Waals surface area contributed by atoms with Gasteiger partial charge >= 0.3 is 5.97 Å². The number of nitrogens with two attached hydrogens (primary N) is 1. The highest BCUT2D eigenvalue weighted by atomic mass is 35.5. The number of anilines is 1. The second kappa shape index (κ2) is 5.01. The lowest BCUT2D eigenvalue weighted by Gasteiger charge is -2.04. The zero-order valence-corrected chi connectivity index (χ0v) is 10.3. The highest BCUT2D eigenvalue weighted by Gasteiger charge is 2.13. The van der Waals surface area contributed by atoms with E-state index < -0.39 is 5.97 Å². The number of aromatic nitrogens is 4. The van der Waals surface area contributed by atoms with Crippen LogP contribution in [0.2, 0.25) is 5.15 Å². The molecule has 0 aliphatic rings. The highest BCUT2D eigenvalue weighted by Crippen LogP contribution is 2.20. The van der Waals surface area contributed by atoms with Gasteiger partial charge in [-0.2, -0.15) is 5.10 Å². The van der Waals surface area contributed by atoms with E-state index >= 15 is 0 Å². The first-order chi connectivity index (χ1) is 8.63. The van der Waals surface area contributed by atoms with Crippen LogP contribution in [0.5, 0.6) is 0 Å². The molecule has 8 heteroatoms. The van der Waals surface area contributed by atoms with Gasteiger partial charge in [-0.25, -0.2) is 19.4 Å². The second-order valence-electron chi connectivity index (χ2n) is 3.30. The van der Waals surface area contributed by atoms with Crippen molar-refractivity contribution >= 4 is 23.3 Å². The van der Waals surface area contributed by atoms with Gasteiger partial charge in [0.1, 0.15) is 12.0 Å². The third kappa shape index (κ3) is 2.25. The largest absolute Gasteiger partial charge is 0.462 e. The fourth-order valence-electron chi connectivity index (χ4n) is 1.31. The van der Waals surface area contributed by atoms with E-state index in [2.05, 4.69) is 15.1 Å². The summed E-state index contributed by atoms with van der Waals surface area (Å²) in [5, 5.41) is 4.11. The van der Waals surface area contributed by atoms with Crippen molar-refractivity contribution < 1.29 is 9.53 Å². The number of nitrogens with zero attached hydrogens (tertiary/aromatic N) is 4. The van der Waals surface area contributed by atoms with Crippen LogP contribution in [0.4, 0.5) is 5.69 Å². The summed E-state index contributed by atoms with van der Waals surface area (Å²) in [4.78, 5) is 19.2. The number of esters is 1. The van der Waals surface area contributed by atoms with E-state index in [-0.39, 0.29) is 10.8 Å². The molecule has 0 unspecified atom stereocenters. The van der Waals surface area contributed by atoms with Crippen molar-refractivity contribution in [3.05, 3.63) is 29.4 Å². The third-order valence-electron chi connectivity index (χ3n) is 2.12. The maximum atomic E-state index is 11.5. The van der Waals surface area contributed by atoms with Crippen molar-refractivity contribution in [2.75, 3.05) is 12.3 Å².